The van der Waals surface area contributed by atoms with Gasteiger partial charge < -0.3 is 5.32 Å². The van der Waals surface area contributed by atoms with Crippen LogP contribution in [0.15, 0.2) is 43.9 Å². The molecule has 5 heteroatoms. The van der Waals surface area contributed by atoms with Crippen molar-refractivity contribution in [1.29, 1.82) is 0 Å². The van der Waals surface area contributed by atoms with Gasteiger partial charge in [-0.2, -0.15) is 5.10 Å². The van der Waals surface area contributed by atoms with Crippen LogP contribution in [0.25, 0.3) is 17.2 Å². The van der Waals surface area contributed by atoms with Gasteiger partial charge in [-0.15, -0.1) is 0 Å². The molecule has 0 aliphatic heterocycles. The number of aryl methyl sites for hydroxylation is 2. The molecule has 1 fully saturated rings. The fourth-order valence-electron chi connectivity index (χ4n) is 4.05. The van der Waals surface area contributed by atoms with Crippen molar-refractivity contribution in [3.63, 3.8) is 0 Å². The van der Waals surface area contributed by atoms with E-state index in [4.69, 9.17) is 0 Å². The minimum absolute atomic E-state index is 0.837. The van der Waals surface area contributed by atoms with Crippen LogP contribution in [-0.2, 0) is 6.42 Å². The molecule has 1 aliphatic carbocycles. The number of pyridine rings is 1. The Morgan fingerprint density at radius 3 is 2.65 bits per heavy atom. The van der Waals surface area contributed by atoms with E-state index in [1.165, 1.54) is 32.1 Å². The normalized spacial score (nSPS) is 14.2. The summed E-state index contributed by atoms with van der Waals surface area (Å²) in [4.78, 5) is 9.05. The molecule has 1 saturated carbocycles. The lowest BCUT2D eigenvalue weighted by molar-refractivity contribution is 0.394. The highest BCUT2D eigenvalue weighted by molar-refractivity contribution is 5.82. The zero-order valence-corrected chi connectivity index (χ0v) is 19.2. The number of nitrogens with zero attached hydrogens (tertiary/aromatic N) is 4. The second kappa shape index (κ2) is 11.0. The molecule has 0 bridgehead atoms. The van der Waals surface area contributed by atoms with Gasteiger partial charge in [0.2, 0.25) is 0 Å². The predicted octanol–water partition coefficient (Wildman–Crippen LogP) is 5.63. The van der Waals surface area contributed by atoms with Crippen LogP contribution in [0, 0.1) is 6.92 Å². The molecule has 3 aromatic heterocycles. The lowest BCUT2D eigenvalue weighted by Crippen LogP contribution is -2.26. The Morgan fingerprint density at radius 2 is 2.03 bits per heavy atom. The first-order chi connectivity index (χ1) is 15.1. The van der Waals surface area contributed by atoms with Crippen LogP contribution >= 0.6 is 0 Å². The van der Waals surface area contributed by atoms with E-state index in [1.54, 1.807) is 0 Å². The molecule has 0 aromatic carbocycles. The second-order valence-corrected chi connectivity index (χ2v) is 8.19. The summed E-state index contributed by atoms with van der Waals surface area (Å²) in [5, 5.41) is 7.61. The largest absolute Gasteiger partial charge is 0.317 e. The van der Waals surface area contributed by atoms with Gasteiger partial charge in [0.25, 0.3) is 0 Å². The first-order valence-corrected chi connectivity index (χ1v) is 11.4. The molecule has 0 atom stereocenters. The number of hydrogen-bond acceptors (Lipinski definition) is 4. The van der Waals surface area contributed by atoms with Gasteiger partial charge in [0.05, 0.1) is 11.7 Å². The quantitative estimate of drug-likeness (QED) is 0.565. The van der Waals surface area contributed by atoms with Gasteiger partial charge in [-0.3, -0.25) is 0 Å². The van der Waals surface area contributed by atoms with Gasteiger partial charge in [-0.25, -0.2) is 14.5 Å². The zero-order valence-electron chi connectivity index (χ0n) is 19.2. The molecule has 0 spiro atoms. The highest BCUT2D eigenvalue weighted by Gasteiger charge is 2.11. The van der Waals surface area contributed by atoms with E-state index in [-0.39, 0.29) is 0 Å². The molecule has 5 nitrogen and oxygen atoms in total. The van der Waals surface area contributed by atoms with Crippen molar-refractivity contribution in [2.24, 2.45) is 0 Å². The number of aromatic nitrogens is 4. The molecule has 0 unspecified atom stereocenters. The van der Waals surface area contributed by atoms with Crippen molar-refractivity contribution in [2.45, 2.75) is 64.8 Å². The fraction of sp³-hybridized carbons (Fsp3) is 0.423. The van der Waals surface area contributed by atoms with Gasteiger partial charge >= 0.3 is 0 Å². The lowest BCUT2D eigenvalue weighted by Gasteiger charge is -2.20. The average molecular weight is 418 g/mol. The monoisotopic (exact) mass is 417 g/mol. The average Bonchev–Trinajstić information content (AvgIpc) is 3.22. The molecule has 4 rings (SSSR count). The summed E-state index contributed by atoms with van der Waals surface area (Å²) in [6, 6.07) is 4.92. The first-order valence-electron chi connectivity index (χ1n) is 11.4. The highest BCUT2D eigenvalue weighted by Crippen LogP contribution is 2.25. The molecule has 0 saturated heterocycles. The maximum atomic E-state index is 4.59. The third-order valence-electron chi connectivity index (χ3n) is 5.96. The maximum absolute atomic E-state index is 4.59. The van der Waals surface area contributed by atoms with Crippen LogP contribution in [0.5, 0.6) is 0 Å². The van der Waals surface area contributed by atoms with E-state index in [9.17, 15) is 0 Å². The summed E-state index contributed by atoms with van der Waals surface area (Å²) in [5.74, 6) is 0.890. The van der Waals surface area contributed by atoms with Crippen LogP contribution in [0.2, 0.25) is 0 Å². The van der Waals surface area contributed by atoms with E-state index >= 15 is 0 Å². The van der Waals surface area contributed by atoms with Crippen molar-refractivity contribution in [1.82, 2.24) is 24.9 Å². The Kier molecular flexibility index (Phi) is 8.13. The molecule has 3 aromatic rings. The summed E-state index contributed by atoms with van der Waals surface area (Å²) < 4.78 is 1.83. The Morgan fingerprint density at radius 1 is 1.26 bits per heavy atom. The topological polar surface area (TPSA) is 55.1 Å². The van der Waals surface area contributed by atoms with Crippen LogP contribution in [-0.4, -0.2) is 32.7 Å². The third kappa shape index (κ3) is 5.67. The Bertz CT molecular complexity index is 1030. The standard InChI is InChI=1S/C19H20N4.C7H15N/c1-5-7-19-20-12-17(14(4)22-19)13(3)16-8-9-23-18(10-16)15(6-2)11-21-23;1-8-7-5-3-2-4-6-7/h6,8-12H,2-3,5,7H2,1,4H3;7-8H,2-6H2,1H3. The molecule has 1 aliphatic rings. The molecule has 1 N–H and O–H groups in total. The Balaban J connectivity index is 0.000000287. The van der Waals surface area contributed by atoms with Crippen LogP contribution in [0.1, 0.15) is 73.7 Å². The van der Waals surface area contributed by atoms with Crippen LogP contribution < -0.4 is 5.32 Å². The molecule has 31 heavy (non-hydrogen) atoms. The molecule has 3 heterocycles. The summed E-state index contributed by atoms with van der Waals surface area (Å²) in [6.45, 7) is 12.2. The number of fused-ring (bicyclic) bond motifs is 1. The molecule has 0 amide bonds. The molecule has 0 radical (unpaired) electrons. The van der Waals surface area contributed by atoms with E-state index in [1.807, 2.05) is 42.2 Å². The van der Waals surface area contributed by atoms with Crippen molar-refractivity contribution in [3.05, 3.63) is 72.1 Å². The van der Waals surface area contributed by atoms with E-state index < -0.39 is 0 Å². The second-order valence-electron chi connectivity index (χ2n) is 8.19. The zero-order chi connectivity index (χ0) is 22.2. The summed E-state index contributed by atoms with van der Waals surface area (Å²) in [6.07, 6.45) is 16.5. The molecular formula is C26H35N5. The number of rotatable bonds is 6. The van der Waals surface area contributed by atoms with Crippen molar-refractivity contribution in [2.75, 3.05) is 7.05 Å². The summed E-state index contributed by atoms with van der Waals surface area (Å²) in [7, 11) is 2.07. The first kappa shape index (κ1) is 22.9. The van der Waals surface area contributed by atoms with Gasteiger partial charge in [-0.05, 0) is 56.5 Å². The Labute approximate surface area is 186 Å². The third-order valence-corrected chi connectivity index (χ3v) is 5.96. The number of hydrogen-bond donors (Lipinski definition) is 1. The predicted molar refractivity (Wildman–Crippen MR) is 130 cm³/mol. The van der Waals surface area contributed by atoms with Crippen LogP contribution in [0.4, 0.5) is 0 Å². The molecular weight excluding hydrogens is 382 g/mol. The molecule has 164 valence electrons. The number of nitrogens with one attached hydrogen (secondary N) is 1. The smallest absolute Gasteiger partial charge is 0.128 e. The SMILES string of the molecule is C=Cc1cnn2ccc(C(=C)c3cnc(CCC)nc3C)cc12.CNC1CCCCC1. The minimum Gasteiger partial charge on any atom is -0.317 e. The Hall–Kier alpha value is -2.79. The van der Waals surface area contributed by atoms with E-state index in [2.05, 4.69) is 53.6 Å². The van der Waals surface area contributed by atoms with Crippen molar-refractivity contribution >= 4 is 17.2 Å². The lowest BCUT2D eigenvalue weighted by atomic mass is 9.96. The minimum atomic E-state index is 0.837. The summed E-state index contributed by atoms with van der Waals surface area (Å²) in [5.41, 5.74) is 5.92. The van der Waals surface area contributed by atoms with Gasteiger partial charge in [0, 0.05) is 41.7 Å². The van der Waals surface area contributed by atoms with Crippen molar-refractivity contribution < 1.29 is 0 Å². The summed E-state index contributed by atoms with van der Waals surface area (Å²) >= 11 is 0. The fourth-order valence-corrected chi connectivity index (χ4v) is 4.05. The van der Waals surface area contributed by atoms with E-state index in [0.717, 1.165) is 58.2 Å². The van der Waals surface area contributed by atoms with Gasteiger partial charge in [0.1, 0.15) is 5.82 Å². The maximum Gasteiger partial charge on any atom is 0.128 e. The van der Waals surface area contributed by atoms with Crippen molar-refractivity contribution in [3.8, 4) is 0 Å². The van der Waals surface area contributed by atoms with Gasteiger partial charge in [0.15, 0.2) is 0 Å². The highest BCUT2D eigenvalue weighted by atomic mass is 15.2. The van der Waals surface area contributed by atoms with Gasteiger partial charge in [-0.1, -0.05) is 45.4 Å². The van der Waals surface area contributed by atoms with Crippen LogP contribution in [0.3, 0.4) is 0 Å². The van der Waals surface area contributed by atoms with E-state index in [0.29, 0.717) is 0 Å².